The normalized spacial score (nSPS) is 12.2. The van der Waals surface area contributed by atoms with Crippen molar-refractivity contribution in [1.82, 2.24) is 0 Å². The van der Waals surface area contributed by atoms with E-state index in [9.17, 15) is 4.79 Å². The Kier molecular flexibility index (Phi) is 4.99. The lowest BCUT2D eigenvalue weighted by molar-refractivity contribution is -0.116. The van der Waals surface area contributed by atoms with Crippen LogP contribution in [0.3, 0.4) is 0 Å². The highest BCUT2D eigenvalue weighted by Gasteiger charge is 2.04. The van der Waals surface area contributed by atoms with Gasteiger partial charge in [0, 0.05) is 18.2 Å². The summed E-state index contributed by atoms with van der Waals surface area (Å²) in [5, 5.41) is 2.90. The summed E-state index contributed by atoms with van der Waals surface area (Å²) in [6, 6.07) is 7.95. The summed E-state index contributed by atoms with van der Waals surface area (Å²) in [4.78, 5) is 11.6. The molecule has 0 aliphatic rings. The van der Waals surface area contributed by atoms with E-state index in [4.69, 9.17) is 5.73 Å². The van der Waals surface area contributed by atoms with E-state index in [0.717, 1.165) is 24.1 Å². The summed E-state index contributed by atoms with van der Waals surface area (Å²) in [6.45, 7) is 3.94. The summed E-state index contributed by atoms with van der Waals surface area (Å²) in [5.41, 5.74) is 7.61. The molecule has 3 nitrogen and oxygen atoms in total. The molecule has 0 aliphatic heterocycles. The zero-order chi connectivity index (χ0) is 12.0. The molecular weight excluding hydrogens is 200 g/mol. The van der Waals surface area contributed by atoms with E-state index in [0.29, 0.717) is 6.42 Å². The molecule has 0 saturated carbocycles. The maximum Gasteiger partial charge on any atom is 0.224 e. The van der Waals surface area contributed by atoms with Crippen molar-refractivity contribution in [2.75, 3.05) is 5.32 Å². The van der Waals surface area contributed by atoms with Crippen molar-refractivity contribution in [3.05, 3.63) is 29.8 Å². The van der Waals surface area contributed by atoms with Crippen LogP contribution in [0.1, 0.15) is 31.7 Å². The molecule has 3 N–H and O–H groups in total. The Morgan fingerprint density at radius 1 is 1.44 bits per heavy atom. The Bertz CT molecular complexity index is 348. The SMILES string of the molecule is Cc1ccccc1NC(=O)CCCC(C)N. The molecule has 1 unspecified atom stereocenters. The monoisotopic (exact) mass is 220 g/mol. The molecule has 3 heteroatoms. The second-order valence-corrected chi connectivity index (χ2v) is 4.23. The third kappa shape index (κ3) is 4.45. The quantitative estimate of drug-likeness (QED) is 0.800. The van der Waals surface area contributed by atoms with E-state index < -0.39 is 0 Å². The van der Waals surface area contributed by atoms with Gasteiger partial charge in [-0.05, 0) is 38.3 Å². The van der Waals surface area contributed by atoms with Gasteiger partial charge in [-0.25, -0.2) is 0 Å². The molecule has 16 heavy (non-hydrogen) atoms. The first-order chi connectivity index (χ1) is 7.59. The van der Waals surface area contributed by atoms with E-state index in [1.165, 1.54) is 0 Å². The second kappa shape index (κ2) is 6.28. The minimum absolute atomic E-state index is 0.0648. The van der Waals surface area contributed by atoms with Gasteiger partial charge in [0.1, 0.15) is 0 Å². The van der Waals surface area contributed by atoms with Crippen LogP contribution in [0.25, 0.3) is 0 Å². The number of hydrogen-bond acceptors (Lipinski definition) is 2. The van der Waals surface area contributed by atoms with E-state index in [2.05, 4.69) is 5.32 Å². The smallest absolute Gasteiger partial charge is 0.224 e. The number of nitrogens with two attached hydrogens (primary N) is 1. The Balaban J connectivity index is 2.37. The number of anilines is 1. The largest absolute Gasteiger partial charge is 0.328 e. The fourth-order valence-corrected chi connectivity index (χ4v) is 1.51. The molecule has 0 fully saturated rings. The van der Waals surface area contributed by atoms with Crippen molar-refractivity contribution in [1.29, 1.82) is 0 Å². The van der Waals surface area contributed by atoms with Crippen LogP contribution in [0, 0.1) is 6.92 Å². The standard InChI is InChI=1S/C13H20N2O/c1-10-6-3-4-8-12(10)15-13(16)9-5-7-11(2)14/h3-4,6,8,11H,5,7,9,14H2,1-2H3,(H,15,16). The zero-order valence-electron chi connectivity index (χ0n) is 9.99. The first-order valence-corrected chi connectivity index (χ1v) is 5.70. The minimum atomic E-state index is 0.0648. The number of hydrogen-bond donors (Lipinski definition) is 2. The van der Waals surface area contributed by atoms with Crippen LogP contribution in [-0.4, -0.2) is 11.9 Å². The number of nitrogens with one attached hydrogen (secondary N) is 1. The lowest BCUT2D eigenvalue weighted by atomic mass is 10.1. The fraction of sp³-hybridized carbons (Fsp3) is 0.462. The molecule has 0 heterocycles. The molecule has 88 valence electrons. The Morgan fingerprint density at radius 2 is 2.12 bits per heavy atom. The van der Waals surface area contributed by atoms with Gasteiger partial charge < -0.3 is 11.1 Å². The van der Waals surface area contributed by atoms with Crippen molar-refractivity contribution in [2.24, 2.45) is 5.73 Å². The van der Waals surface area contributed by atoms with E-state index in [1.807, 2.05) is 38.1 Å². The predicted molar refractivity (Wildman–Crippen MR) is 67.3 cm³/mol. The van der Waals surface area contributed by atoms with E-state index in [1.54, 1.807) is 0 Å². The lowest BCUT2D eigenvalue weighted by Gasteiger charge is -2.08. The highest BCUT2D eigenvalue weighted by molar-refractivity contribution is 5.91. The van der Waals surface area contributed by atoms with E-state index >= 15 is 0 Å². The van der Waals surface area contributed by atoms with Crippen molar-refractivity contribution < 1.29 is 4.79 Å². The molecule has 0 radical (unpaired) electrons. The zero-order valence-corrected chi connectivity index (χ0v) is 9.99. The minimum Gasteiger partial charge on any atom is -0.328 e. The summed E-state index contributed by atoms with van der Waals surface area (Å²) >= 11 is 0. The van der Waals surface area contributed by atoms with Crippen molar-refractivity contribution in [2.45, 2.75) is 39.2 Å². The number of rotatable bonds is 5. The van der Waals surface area contributed by atoms with Gasteiger partial charge in [-0.1, -0.05) is 18.2 Å². The van der Waals surface area contributed by atoms with E-state index in [-0.39, 0.29) is 11.9 Å². The predicted octanol–water partition coefficient (Wildman–Crippen LogP) is 2.45. The maximum absolute atomic E-state index is 11.6. The molecule has 0 bridgehead atoms. The fourth-order valence-electron chi connectivity index (χ4n) is 1.51. The molecule has 1 rings (SSSR count). The molecule has 0 spiro atoms. The molecule has 1 amide bonds. The van der Waals surface area contributed by atoms with Gasteiger partial charge in [0.25, 0.3) is 0 Å². The number of aryl methyl sites for hydroxylation is 1. The summed E-state index contributed by atoms with van der Waals surface area (Å²) < 4.78 is 0. The second-order valence-electron chi connectivity index (χ2n) is 4.23. The number of carbonyl (C=O) groups excluding carboxylic acids is 1. The van der Waals surface area contributed by atoms with Crippen LogP contribution >= 0.6 is 0 Å². The van der Waals surface area contributed by atoms with Gasteiger partial charge in [-0.15, -0.1) is 0 Å². The van der Waals surface area contributed by atoms with Gasteiger partial charge in [-0.2, -0.15) is 0 Å². The average molecular weight is 220 g/mol. The Morgan fingerprint density at radius 3 is 2.75 bits per heavy atom. The van der Waals surface area contributed by atoms with Crippen LogP contribution in [0.15, 0.2) is 24.3 Å². The highest BCUT2D eigenvalue weighted by atomic mass is 16.1. The van der Waals surface area contributed by atoms with Gasteiger partial charge >= 0.3 is 0 Å². The van der Waals surface area contributed by atoms with Gasteiger partial charge in [0.15, 0.2) is 0 Å². The van der Waals surface area contributed by atoms with Crippen LogP contribution in [0.2, 0.25) is 0 Å². The summed E-state index contributed by atoms with van der Waals surface area (Å²) in [6.07, 6.45) is 2.27. The van der Waals surface area contributed by atoms with Crippen molar-refractivity contribution >= 4 is 11.6 Å². The van der Waals surface area contributed by atoms with Crippen LogP contribution < -0.4 is 11.1 Å². The van der Waals surface area contributed by atoms with Crippen LogP contribution in [0.4, 0.5) is 5.69 Å². The topological polar surface area (TPSA) is 55.1 Å². The van der Waals surface area contributed by atoms with Crippen molar-refractivity contribution in [3.63, 3.8) is 0 Å². The lowest BCUT2D eigenvalue weighted by Crippen LogP contribution is -2.17. The first kappa shape index (κ1) is 12.7. The molecule has 0 aromatic heterocycles. The summed E-state index contributed by atoms with van der Waals surface area (Å²) in [5.74, 6) is 0.0648. The van der Waals surface area contributed by atoms with Gasteiger partial charge in [-0.3, -0.25) is 4.79 Å². The first-order valence-electron chi connectivity index (χ1n) is 5.70. The van der Waals surface area contributed by atoms with Gasteiger partial charge in [0.05, 0.1) is 0 Å². The van der Waals surface area contributed by atoms with Crippen molar-refractivity contribution in [3.8, 4) is 0 Å². The summed E-state index contributed by atoms with van der Waals surface area (Å²) in [7, 11) is 0. The molecule has 0 aliphatic carbocycles. The number of carbonyl (C=O) groups is 1. The molecular formula is C13H20N2O. The molecule has 1 aromatic carbocycles. The Hall–Kier alpha value is -1.35. The average Bonchev–Trinajstić information content (AvgIpc) is 2.21. The highest BCUT2D eigenvalue weighted by Crippen LogP contribution is 2.13. The molecule has 1 atom stereocenters. The number of para-hydroxylation sites is 1. The third-order valence-corrected chi connectivity index (χ3v) is 2.48. The number of benzene rings is 1. The molecule has 0 saturated heterocycles. The van der Waals surface area contributed by atoms with Crippen LogP contribution in [-0.2, 0) is 4.79 Å². The molecule has 1 aromatic rings. The maximum atomic E-state index is 11.6. The number of amides is 1. The van der Waals surface area contributed by atoms with Gasteiger partial charge in [0.2, 0.25) is 5.91 Å². The third-order valence-electron chi connectivity index (χ3n) is 2.48. The van der Waals surface area contributed by atoms with Crippen LogP contribution in [0.5, 0.6) is 0 Å². The Labute approximate surface area is 97.0 Å².